The highest BCUT2D eigenvalue weighted by atomic mass is 32.3. The van der Waals surface area contributed by atoms with E-state index in [0.29, 0.717) is 12.8 Å². The van der Waals surface area contributed by atoms with Gasteiger partial charge in [-0.1, -0.05) is 204 Å². The maximum atomic E-state index is 13.1. The van der Waals surface area contributed by atoms with E-state index in [4.69, 9.17) is 9.47 Å². The molecule has 8 unspecified atom stereocenters. The van der Waals surface area contributed by atoms with Gasteiger partial charge in [0.05, 0.1) is 25.4 Å². The lowest BCUT2D eigenvalue weighted by Crippen LogP contribution is -2.61. The largest absolute Gasteiger partial charge is 0.397 e. The predicted molar refractivity (Wildman–Crippen MR) is 251 cm³/mol. The lowest BCUT2D eigenvalue weighted by atomic mass is 9.99. The molecule has 13 nitrogen and oxygen atoms in total. The Morgan fingerprint density at radius 1 is 0.635 bits per heavy atom. The van der Waals surface area contributed by atoms with Crippen LogP contribution in [0.3, 0.4) is 0 Å². The second-order valence-electron chi connectivity index (χ2n) is 17.5. The molecule has 7 N–H and O–H groups in total. The van der Waals surface area contributed by atoms with Crippen LogP contribution in [0.2, 0.25) is 0 Å². The highest BCUT2D eigenvalue weighted by molar-refractivity contribution is 7.80. The number of allylic oxidation sites excluding steroid dienone is 5. The van der Waals surface area contributed by atoms with Crippen molar-refractivity contribution in [3.63, 3.8) is 0 Å². The van der Waals surface area contributed by atoms with Crippen LogP contribution in [0.4, 0.5) is 0 Å². The van der Waals surface area contributed by atoms with Crippen molar-refractivity contribution in [3.05, 3.63) is 36.5 Å². The number of carbonyl (C=O) groups excluding carboxylic acids is 1. The molecule has 0 spiro atoms. The first-order chi connectivity index (χ1) is 30.4. The summed E-state index contributed by atoms with van der Waals surface area (Å²) in [5.74, 6) is -0.715. The molecular weight excluding hydrogens is 827 g/mol. The van der Waals surface area contributed by atoms with E-state index in [2.05, 4.69) is 47.7 Å². The molecule has 0 radical (unpaired) electrons. The summed E-state index contributed by atoms with van der Waals surface area (Å²) in [6.07, 6.45) is 35.3. The number of hydrogen-bond acceptors (Lipinski definition) is 11. The van der Waals surface area contributed by atoms with E-state index in [9.17, 15) is 43.3 Å². The molecule has 1 amide bonds. The number of amides is 1. The van der Waals surface area contributed by atoms with Crippen LogP contribution >= 0.6 is 0 Å². The minimum Gasteiger partial charge on any atom is -0.394 e. The van der Waals surface area contributed by atoms with Gasteiger partial charge in [-0.15, -0.1) is 0 Å². The zero-order valence-corrected chi connectivity index (χ0v) is 40.1. The van der Waals surface area contributed by atoms with E-state index in [-0.39, 0.29) is 6.42 Å². The van der Waals surface area contributed by atoms with Gasteiger partial charge in [0.2, 0.25) is 5.91 Å². The molecule has 1 aliphatic heterocycles. The molecule has 8 atom stereocenters. The van der Waals surface area contributed by atoms with E-state index in [1.54, 1.807) is 6.08 Å². The minimum atomic E-state index is -5.12. The molecule has 1 saturated heterocycles. The lowest BCUT2D eigenvalue weighted by molar-refractivity contribution is -0.298. The summed E-state index contributed by atoms with van der Waals surface area (Å²) in [6, 6.07) is -1.14. The summed E-state index contributed by atoms with van der Waals surface area (Å²) in [7, 11) is -5.12. The van der Waals surface area contributed by atoms with Gasteiger partial charge in [0.15, 0.2) is 6.29 Å². The highest BCUT2D eigenvalue weighted by Gasteiger charge is 2.48. The van der Waals surface area contributed by atoms with E-state index in [0.717, 1.165) is 44.9 Å². The Labute approximate surface area is 382 Å². The van der Waals surface area contributed by atoms with Gasteiger partial charge in [0.1, 0.15) is 30.5 Å². The van der Waals surface area contributed by atoms with Gasteiger partial charge in [-0.25, -0.2) is 4.18 Å². The number of hydrogen-bond donors (Lipinski definition) is 7. The Balaban J connectivity index is 2.47. The molecule has 0 aromatic rings. The van der Waals surface area contributed by atoms with Crippen molar-refractivity contribution < 1.29 is 57.0 Å². The Bertz CT molecular complexity index is 1280. The van der Waals surface area contributed by atoms with Crippen molar-refractivity contribution in [1.29, 1.82) is 0 Å². The minimum absolute atomic E-state index is 0.237. The van der Waals surface area contributed by atoms with Crippen LogP contribution in [0, 0.1) is 0 Å². The van der Waals surface area contributed by atoms with Crippen molar-refractivity contribution in [3.8, 4) is 0 Å². The molecule has 0 aliphatic carbocycles. The molecule has 1 rings (SSSR count). The number of ether oxygens (including phenoxy) is 2. The quantitative estimate of drug-likeness (QED) is 0.0174. The molecular formula is C49H91NO12S. The van der Waals surface area contributed by atoms with Crippen molar-refractivity contribution in [1.82, 2.24) is 5.32 Å². The van der Waals surface area contributed by atoms with Gasteiger partial charge < -0.3 is 40.3 Å². The van der Waals surface area contributed by atoms with Gasteiger partial charge in [-0.2, -0.15) is 8.42 Å². The van der Waals surface area contributed by atoms with Crippen LogP contribution in [0.25, 0.3) is 0 Å². The summed E-state index contributed by atoms with van der Waals surface area (Å²) in [6.45, 7) is 3.15. The van der Waals surface area contributed by atoms with Gasteiger partial charge >= 0.3 is 10.4 Å². The second kappa shape index (κ2) is 39.4. The number of aliphatic hydroxyl groups excluding tert-OH is 5. The molecule has 1 heterocycles. The normalized spacial score (nSPS) is 21.2. The van der Waals surface area contributed by atoms with Gasteiger partial charge in [0.25, 0.3) is 0 Å². The van der Waals surface area contributed by atoms with Crippen LogP contribution in [0.15, 0.2) is 36.5 Å². The van der Waals surface area contributed by atoms with Gasteiger partial charge in [0, 0.05) is 0 Å². The summed E-state index contributed by atoms with van der Waals surface area (Å²) >= 11 is 0. The molecule has 1 fully saturated rings. The molecule has 0 bridgehead atoms. The zero-order valence-electron chi connectivity index (χ0n) is 39.3. The Morgan fingerprint density at radius 2 is 1.06 bits per heavy atom. The van der Waals surface area contributed by atoms with Crippen LogP contribution < -0.4 is 5.32 Å². The summed E-state index contributed by atoms with van der Waals surface area (Å²) in [5, 5.41) is 55.2. The number of rotatable bonds is 42. The van der Waals surface area contributed by atoms with Crippen molar-refractivity contribution in [2.75, 3.05) is 13.2 Å². The van der Waals surface area contributed by atoms with Crippen molar-refractivity contribution in [2.24, 2.45) is 0 Å². The average Bonchev–Trinajstić information content (AvgIpc) is 3.25. The molecule has 0 aromatic heterocycles. The lowest BCUT2D eigenvalue weighted by Gasteiger charge is -2.41. The third kappa shape index (κ3) is 31.8. The van der Waals surface area contributed by atoms with E-state index in [1.165, 1.54) is 134 Å². The molecule has 63 heavy (non-hydrogen) atoms. The maximum absolute atomic E-state index is 13.1. The molecule has 370 valence electrons. The predicted octanol–water partition coefficient (Wildman–Crippen LogP) is 9.25. The molecule has 0 aromatic carbocycles. The fourth-order valence-electron chi connectivity index (χ4n) is 7.77. The Morgan fingerprint density at radius 3 is 1.51 bits per heavy atom. The van der Waals surface area contributed by atoms with E-state index >= 15 is 0 Å². The topological polar surface area (TPSA) is 212 Å². The molecule has 14 heteroatoms. The number of unbranched alkanes of at least 4 members (excludes halogenated alkanes) is 25. The monoisotopic (exact) mass is 918 g/mol. The first-order valence-corrected chi connectivity index (χ1v) is 26.3. The maximum Gasteiger partial charge on any atom is 0.397 e. The van der Waals surface area contributed by atoms with E-state index in [1.807, 2.05) is 0 Å². The number of carbonyl (C=O) groups is 1. The van der Waals surface area contributed by atoms with Gasteiger partial charge in [-0.3, -0.25) is 9.35 Å². The van der Waals surface area contributed by atoms with Crippen LogP contribution in [0.1, 0.15) is 206 Å². The fourth-order valence-corrected chi connectivity index (χ4v) is 8.28. The van der Waals surface area contributed by atoms with Crippen LogP contribution in [0.5, 0.6) is 0 Å². The number of nitrogens with one attached hydrogen (secondary N) is 1. The van der Waals surface area contributed by atoms with Crippen LogP contribution in [-0.2, 0) is 28.9 Å². The SMILES string of the molecule is CCCC/C=C/CC/C=C/CC/C=C/C(O)C(COC1OC(CO)C(O)C(OS(=O)(=O)O)C1O)NC(=O)C(O)CCCCCCCCCCCCCCCCCCCCCCCC. The highest BCUT2D eigenvalue weighted by Crippen LogP contribution is 2.26. The average molecular weight is 918 g/mol. The Kier molecular flexibility index (Phi) is 37.1. The summed E-state index contributed by atoms with van der Waals surface area (Å²) in [4.78, 5) is 13.1. The van der Waals surface area contributed by atoms with Gasteiger partial charge in [-0.05, 0) is 38.5 Å². The Hall–Kier alpha value is -1.72. The fraction of sp³-hybridized carbons (Fsp3) is 0.857. The third-order valence-electron chi connectivity index (χ3n) is 11.8. The summed E-state index contributed by atoms with van der Waals surface area (Å²) in [5.41, 5.74) is 0. The smallest absolute Gasteiger partial charge is 0.394 e. The molecule has 0 saturated carbocycles. The second-order valence-corrected chi connectivity index (χ2v) is 18.6. The summed E-state index contributed by atoms with van der Waals surface area (Å²) < 4.78 is 47.5. The van der Waals surface area contributed by atoms with Crippen LogP contribution in [-0.4, -0.2) is 107 Å². The zero-order chi connectivity index (χ0) is 46.4. The van der Waals surface area contributed by atoms with Crippen molar-refractivity contribution >= 4 is 16.3 Å². The standard InChI is InChI=1S/C49H91NO12S/c1-3-5-7-9-11-13-15-17-18-19-20-21-22-23-24-25-26-28-30-32-34-36-38-43(53)48(56)50-41(42(52)37-35-33-31-29-27-16-14-12-10-8-6-4-2)40-60-49-46(55)47(62-63(57,58)59)45(54)44(39-51)61-49/h10,12,27,29,35,37,41-47,49,51-55H,3-9,11,13-26,28,30-34,36,38-40H2,1-2H3,(H,50,56)(H,57,58,59)/b12-10+,29-27+,37-35+. The first kappa shape index (κ1) is 59.3. The number of aliphatic hydroxyl groups is 5. The third-order valence-corrected chi connectivity index (χ3v) is 12.2. The first-order valence-electron chi connectivity index (χ1n) is 25.0. The molecule has 1 aliphatic rings. The van der Waals surface area contributed by atoms with E-state index < -0.39 is 78.5 Å². The van der Waals surface area contributed by atoms with Crippen molar-refractivity contribution in [2.45, 2.75) is 255 Å².